The molecular weight excluding hydrogens is 304 g/mol. The third-order valence-electron chi connectivity index (χ3n) is 4.25. The van der Waals surface area contributed by atoms with Crippen LogP contribution in [0.3, 0.4) is 0 Å². The van der Waals surface area contributed by atoms with Crippen molar-refractivity contribution in [3.8, 4) is 0 Å². The predicted octanol–water partition coefficient (Wildman–Crippen LogP) is 1.82. The summed E-state index contributed by atoms with van der Waals surface area (Å²) in [5.41, 5.74) is 6.66. The van der Waals surface area contributed by atoms with Gasteiger partial charge in [-0.05, 0) is 23.9 Å². The summed E-state index contributed by atoms with van der Waals surface area (Å²) >= 11 is 0. The zero-order chi connectivity index (χ0) is 17.4. The lowest BCUT2D eigenvalue weighted by atomic mass is 9.89. The number of amides is 1. The van der Waals surface area contributed by atoms with Gasteiger partial charge in [-0.2, -0.15) is 0 Å². The fourth-order valence-corrected chi connectivity index (χ4v) is 2.84. The molecule has 1 heterocycles. The normalized spacial score (nSPS) is 16.0. The van der Waals surface area contributed by atoms with Crippen molar-refractivity contribution in [3.05, 3.63) is 35.9 Å². The molecule has 1 aromatic rings. The molecule has 0 spiro atoms. The van der Waals surface area contributed by atoms with Crippen molar-refractivity contribution in [2.24, 2.45) is 11.1 Å². The maximum absolute atomic E-state index is 12.7. The minimum absolute atomic E-state index is 0.0502. The van der Waals surface area contributed by atoms with E-state index < -0.39 is 0 Å². The number of carbonyl (C=O) groups excluding carboxylic acids is 1. The molecule has 0 radical (unpaired) electrons. The first-order valence-corrected chi connectivity index (χ1v) is 8.66. The number of carbonyl (C=O) groups is 1. The van der Waals surface area contributed by atoms with Gasteiger partial charge in [-0.3, -0.25) is 0 Å². The second-order valence-corrected chi connectivity index (χ2v) is 7.00. The minimum atomic E-state index is -0.286. The SMILES string of the molecule is CC(C)(CCN)CN(C(=O)OCc1ccccc1)N1CCNCC1. The standard InChI is InChI=1S/C18H30N4O2/c1-18(2,8-9-19)15-22(21-12-10-20-11-13-21)17(23)24-14-16-6-4-3-5-7-16/h3-7,20H,8-15,19H2,1-2H3. The molecule has 1 fully saturated rings. The minimum Gasteiger partial charge on any atom is -0.444 e. The third kappa shape index (κ3) is 5.78. The van der Waals surface area contributed by atoms with E-state index in [1.165, 1.54) is 0 Å². The molecule has 0 unspecified atom stereocenters. The molecule has 134 valence electrons. The second kappa shape index (κ2) is 9.01. The van der Waals surface area contributed by atoms with Crippen molar-refractivity contribution in [2.75, 3.05) is 39.3 Å². The summed E-state index contributed by atoms with van der Waals surface area (Å²) in [5.74, 6) is 0. The van der Waals surface area contributed by atoms with Gasteiger partial charge in [0.15, 0.2) is 0 Å². The van der Waals surface area contributed by atoms with Crippen molar-refractivity contribution in [3.63, 3.8) is 0 Å². The van der Waals surface area contributed by atoms with Crippen LogP contribution < -0.4 is 11.1 Å². The molecule has 1 saturated heterocycles. The topological polar surface area (TPSA) is 70.8 Å². The molecule has 1 aliphatic heterocycles. The Morgan fingerprint density at radius 2 is 1.96 bits per heavy atom. The third-order valence-corrected chi connectivity index (χ3v) is 4.25. The monoisotopic (exact) mass is 334 g/mol. The van der Waals surface area contributed by atoms with Crippen LogP contribution in [0.5, 0.6) is 0 Å². The van der Waals surface area contributed by atoms with E-state index in [1.54, 1.807) is 5.01 Å². The summed E-state index contributed by atoms with van der Waals surface area (Å²) in [6.45, 7) is 9.15. The van der Waals surface area contributed by atoms with Crippen LogP contribution in [0.1, 0.15) is 25.8 Å². The van der Waals surface area contributed by atoms with Gasteiger partial charge in [0.25, 0.3) is 0 Å². The summed E-state index contributed by atoms with van der Waals surface area (Å²) in [6.07, 6.45) is 0.576. The van der Waals surface area contributed by atoms with Crippen LogP contribution in [0.15, 0.2) is 30.3 Å². The zero-order valence-corrected chi connectivity index (χ0v) is 14.8. The van der Waals surface area contributed by atoms with Crippen LogP contribution in [0, 0.1) is 5.41 Å². The van der Waals surface area contributed by atoms with Crippen molar-refractivity contribution in [1.29, 1.82) is 0 Å². The lowest BCUT2D eigenvalue weighted by Crippen LogP contribution is -2.56. The van der Waals surface area contributed by atoms with E-state index in [4.69, 9.17) is 10.5 Å². The number of nitrogens with zero attached hydrogens (tertiary/aromatic N) is 2. The highest BCUT2D eigenvalue weighted by Crippen LogP contribution is 2.23. The fraction of sp³-hybridized carbons (Fsp3) is 0.611. The zero-order valence-electron chi connectivity index (χ0n) is 14.8. The number of rotatable bonds is 7. The van der Waals surface area contributed by atoms with Gasteiger partial charge in [-0.1, -0.05) is 44.2 Å². The van der Waals surface area contributed by atoms with E-state index >= 15 is 0 Å². The van der Waals surface area contributed by atoms with Gasteiger partial charge in [0.2, 0.25) is 0 Å². The molecule has 0 atom stereocenters. The summed E-state index contributed by atoms with van der Waals surface area (Å²) in [4.78, 5) is 12.7. The number of benzene rings is 1. The molecule has 3 N–H and O–H groups in total. The van der Waals surface area contributed by atoms with E-state index in [1.807, 2.05) is 30.3 Å². The van der Waals surface area contributed by atoms with E-state index in [0.717, 1.165) is 38.2 Å². The molecule has 2 rings (SSSR count). The maximum Gasteiger partial charge on any atom is 0.424 e. The number of piperazine rings is 1. The molecule has 6 heteroatoms. The lowest BCUT2D eigenvalue weighted by molar-refractivity contribution is -0.0512. The van der Waals surface area contributed by atoms with Crippen LogP contribution in [-0.2, 0) is 11.3 Å². The summed E-state index contributed by atoms with van der Waals surface area (Å²) in [6, 6.07) is 9.76. The first-order chi connectivity index (χ1) is 11.5. The number of ether oxygens (including phenoxy) is 1. The molecule has 0 saturated carbocycles. The van der Waals surface area contributed by atoms with Crippen LogP contribution in [0.2, 0.25) is 0 Å². The average molecular weight is 334 g/mol. The Morgan fingerprint density at radius 3 is 2.58 bits per heavy atom. The quantitative estimate of drug-likeness (QED) is 0.796. The van der Waals surface area contributed by atoms with E-state index in [0.29, 0.717) is 19.7 Å². The summed E-state index contributed by atoms with van der Waals surface area (Å²) in [7, 11) is 0. The number of hydrogen-bond donors (Lipinski definition) is 2. The average Bonchev–Trinajstić information content (AvgIpc) is 2.59. The maximum atomic E-state index is 12.7. The number of hydrazine groups is 1. The molecule has 6 nitrogen and oxygen atoms in total. The molecule has 0 aromatic heterocycles. The van der Waals surface area contributed by atoms with Gasteiger partial charge in [0, 0.05) is 32.7 Å². The molecule has 24 heavy (non-hydrogen) atoms. The van der Waals surface area contributed by atoms with Gasteiger partial charge < -0.3 is 15.8 Å². The number of nitrogens with two attached hydrogens (primary N) is 1. The van der Waals surface area contributed by atoms with Crippen LogP contribution in [0.4, 0.5) is 4.79 Å². The lowest BCUT2D eigenvalue weighted by Gasteiger charge is -2.40. The predicted molar refractivity (Wildman–Crippen MR) is 95.2 cm³/mol. The van der Waals surface area contributed by atoms with Gasteiger partial charge in [-0.15, -0.1) is 0 Å². The molecule has 1 amide bonds. The Morgan fingerprint density at radius 1 is 1.29 bits per heavy atom. The highest BCUT2D eigenvalue weighted by atomic mass is 16.6. The second-order valence-electron chi connectivity index (χ2n) is 7.00. The van der Waals surface area contributed by atoms with Crippen molar-refractivity contribution in [1.82, 2.24) is 15.3 Å². The number of hydrogen-bond acceptors (Lipinski definition) is 5. The van der Waals surface area contributed by atoms with Gasteiger partial charge in [0.05, 0.1) is 0 Å². The number of nitrogens with one attached hydrogen (secondary N) is 1. The Labute approximate surface area is 144 Å². The first-order valence-electron chi connectivity index (χ1n) is 8.66. The van der Waals surface area contributed by atoms with E-state index in [9.17, 15) is 4.79 Å². The molecule has 1 aromatic carbocycles. The first kappa shape index (κ1) is 18.7. The van der Waals surface area contributed by atoms with Crippen molar-refractivity contribution < 1.29 is 9.53 Å². The molecule has 0 bridgehead atoms. The highest BCUT2D eigenvalue weighted by Gasteiger charge is 2.30. The Hall–Kier alpha value is -1.63. The van der Waals surface area contributed by atoms with Crippen molar-refractivity contribution in [2.45, 2.75) is 26.9 Å². The summed E-state index contributed by atoms with van der Waals surface area (Å²) < 4.78 is 5.56. The van der Waals surface area contributed by atoms with Crippen LogP contribution >= 0.6 is 0 Å². The van der Waals surface area contributed by atoms with Crippen molar-refractivity contribution >= 4 is 6.09 Å². The van der Waals surface area contributed by atoms with Gasteiger partial charge >= 0.3 is 6.09 Å². The van der Waals surface area contributed by atoms with E-state index in [2.05, 4.69) is 24.2 Å². The van der Waals surface area contributed by atoms with E-state index in [-0.39, 0.29) is 11.5 Å². The molecule has 1 aliphatic rings. The largest absolute Gasteiger partial charge is 0.444 e. The fourth-order valence-electron chi connectivity index (χ4n) is 2.84. The van der Waals surface area contributed by atoms with Crippen LogP contribution in [0.25, 0.3) is 0 Å². The molecule has 0 aliphatic carbocycles. The Balaban J connectivity index is 2.01. The summed E-state index contributed by atoms with van der Waals surface area (Å²) in [5, 5.41) is 7.16. The smallest absolute Gasteiger partial charge is 0.424 e. The molecular formula is C18H30N4O2. The Kier molecular flexibility index (Phi) is 7.02. The highest BCUT2D eigenvalue weighted by molar-refractivity contribution is 5.67. The van der Waals surface area contributed by atoms with Crippen LogP contribution in [-0.4, -0.2) is 55.4 Å². The Bertz CT molecular complexity index is 501. The van der Waals surface area contributed by atoms with Gasteiger partial charge in [0.1, 0.15) is 6.61 Å². The van der Waals surface area contributed by atoms with Gasteiger partial charge in [-0.25, -0.2) is 14.8 Å².